The molecule has 0 aromatic rings. The third-order valence-corrected chi connectivity index (χ3v) is 4.09. The fourth-order valence-corrected chi connectivity index (χ4v) is 3.09. The molecule has 0 N–H and O–H groups in total. The summed E-state index contributed by atoms with van der Waals surface area (Å²) in [4.78, 5) is 11.8. The van der Waals surface area contributed by atoms with E-state index in [0.29, 0.717) is 24.0 Å². The van der Waals surface area contributed by atoms with Crippen LogP contribution >= 0.6 is 0 Å². The number of carbonyl (C=O) groups is 1. The van der Waals surface area contributed by atoms with Crippen molar-refractivity contribution >= 4 is 5.78 Å². The predicted octanol–water partition coefficient (Wildman–Crippen LogP) is 2.96. The Labute approximate surface area is 80.2 Å². The summed E-state index contributed by atoms with van der Waals surface area (Å²) in [5.74, 6) is 1.72. The average Bonchev–Trinajstić information content (AvgIpc) is 2.60. The maximum absolute atomic E-state index is 11.8. The van der Waals surface area contributed by atoms with Crippen LogP contribution in [0.1, 0.15) is 40.0 Å². The van der Waals surface area contributed by atoms with Gasteiger partial charge in [0, 0.05) is 11.8 Å². The Morgan fingerprint density at radius 3 is 2.77 bits per heavy atom. The van der Waals surface area contributed by atoms with E-state index in [1.165, 1.54) is 12.0 Å². The van der Waals surface area contributed by atoms with Gasteiger partial charge in [0.15, 0.2) is 0 Å². The van der Waals surface area contributed by atoms with Gasteiger partial charge in [0.1, 0.15) is 5.78 Å². The van der Waals surface area contributed by atoms with Crippen LogP contribution in [0.25, 0.3) is 0 Å². The molecule has 2 aliphatic carbocycles. The molecule has 1 saturated carbocycles. The van der Waals surface area contributed by atoms with Crippen LogP contribution in [-0.2, 0) is 4.79 Å². The zero-order valence-electron chi connectivity index (χ0n) is 8.76. The van der Waals surface area contributed by atoms with Gasteiger partial charge in [-0.05, 0) is 31.6 Å². The lowest BCUT2D eigenvalue weighted by molar-refractivity contribution is -0.128. The molecule has 3 unspecified atom stereocenters. The van der Waals surface area contributed by atoms with Crippen molar-refractivity contribution in [3.05, 3.63) is 11.6 Å². The summed E-state index contributed by atoms with van der Waals surface area (Å²) in [6.07, 6.45) is 5.37. The third-order valence-electron chi connectivity index (χ3n) is 4.09. The smallest absolute Gasteiger partial charge is 0.139 e. The molecule has 2 aliphatic rings. The van der Waals surface area contributed by atoms with Gasteiger partial charge < -0.3 is 0 Å². The van der Waals surface area contributed by atoms with E-state index >= 15 is 0 Å². The first-order valence-corrected chi connectivity index (χ1v) is 5.29. The minimum Gasteiger partial charge on any atom is -0.299 e. The van der Waals surface area contributed by atoms with Crippen molar-refractivity contribution in [2.75, 3.05) is 0 Å². The number of hydrogen-bond donors (Lipinski definition) is 0. The fraction of sp³-hybridized carbons (Fsp3) is 0.750. The van der Waals surface area contributed by atoms with E-state index in [1.807, 2.05) is 6.92 Å². The summed E-state index contributed by atoms with van der Waals surface area (Å²) in [6, 6.07) is 0. The molecule has 1 nitrogen and oxygen atoms in total. The highest BCUT2D eigenvalue weighted by molar-refractivity contribution is 5.85. The summed E-state index contributed by atoms with van der Waals surface area (Å²) in [7, 11) is 0. The van der Waals surface area contributed by atoms with Gasteiger partial charge in [-0.2, -0.15) is 0 Å². The SMILES string of the molecule is CCC(=O)C1(C)CC2CC1C=C2C. The van der Waals surface area contributed by atoms with Crippen LogP contribution in [0.5, 0.6) is 0 Å². The molecule has 2 rings (SSSR count). The molecule has 0 spiro atoms. The van der Waals surface area contributed by atoms with E-state index in [2.05, 4.69) is 19.9 Å². The second-order valence-corrected chi connectivity index (χ2v) is 4.85. The molecular weight excluding hydrogens is 160 g/mol. The van der Waals surface area contributed by atoms with Crippen molar-refractivity contribution in [2.45, 2.75) is 40.0 Å². The van der Waals surface area contributed by atoms with Crippen molar-refractivity contribution in [2.24, 2.45) is 17.3 Å². The Morgan fingerprint density at radius 1 is 1.69 bits per heavy atom. The Bertz CT molecular complexity index is 277. The number of hydrogen-bond acceptors (Lipinski definition) is 1. The van der Waals surface area contributed by atoms with Gasteiger partial charge in [0.2, 0.25) is 0 Å². The van der Waals surface area contributed by atoms with Gasteiger partial charge in [-0.25, -0.2) is 0 Å². The lowest BCUT2D eigenvalue weighted by Gasteiger charge is -2.30. The highest BCUT2D eigenvalue weighted by atomic mass is 16.1. The molecule has 0 heterocycles. The molecule has 0 aromatic carbocycles. The van der Waals surface area contributed by atoms with Crippen molar-refractivity contribution in [3.63, 3.8) is 0 Å². The molecule has 72 valence electrons. The molecule has 2 bridgehead atoms. The number of carbonyl (C=O) groups excluding carboxylic acids is 1. The molecular formula is C12H18O. The molecule has 0 aliphatic heterocycles. The topological polar surface area (TPSA) is 17.1 Å². The van der Waals surface area contributed by atoms with Crippen molar-refractivity contribution < 1.29 is 4.79 Å². The van der Waals surface area contributed by atoms with Crippen molar-refractivity contribution in [1.82, 2.24) is 0 Å². The second-order valence-electron chi connectivity index (χ2n) is 4.85. The van der Waals surface area contributed by atoms with Gasteiger partial charge in [-0.1, -0.05) is 25.5 Å². The van der Waals surface area contributed by atoms with Crippen LogP contribution in [0, 0.1) is 17.3 Å². The van der Waals surface area contributed by atoms with Crippen LogP contribution in [0.4, 0.5) is 0 Å². The quantitative estimate of drug-likeness (QED) is 0.594. The lowest BCUT2D eigenvalue weighted by atomic mass is 9.72. The van der Waals surface area contributed by atoms with E-state index in [4.69, 9.17) is 0 Å². The van der Waals surface area contributed by atoms with Crippen molar-refractivity contribution in [3.8, 4) is 0 Å². The highest BCUT2D eigenvalue weighted by Crippen LogP contribution is 2.55. The van der Waals surface area contributed by atoms with E-state index in [-0.39, 0.29) is 5.41 Å². The molecule has 1 fully saturated rings. The van der Waals surface area contributed by atoms with Gasteiger partial charge in [0.25, 0.3) is 0 Å². The standard InChI is InChI=1S/C12H18O/c1-4-11(13)12(3)7-9-6-10(12)5-8(9)2/h5,9-10H,4,6-7H2,1-3H3. The van der Waals surface area contributed by atoms with Crippen LogP contribution in [0.2, 0.25) is 0 Å². The fourth-order valence-electron chi connectivity index (χ4n) is 3.09. The number of rotatable bonds is 2. The van der Waals surface area contributed by atoms with Gasteiger partial charge in [0.05, 0.1) is 0 Å². The Hall–Kier alpha value is -0.590. The van der Waals surface area contributed by atoms with Gasteiger partial charge in [-0.15, -0.1) is 0 Å². The molecule has 0 amide bonds. The summed E-state index contributed by atoms with van der Waals surface area (Å²) >= 11 is 0. The number of allylic oxidation sites excluding steroid dienone is 2. The normalized spacial score (nSPS) is 42.2. The molecule has 13 heavy (non-hydrogen) atoms. The highest BCUT2D eigenvalue weighted by Gasteiger charge is 2.50. The van der Waals surface area contributed by atoms with Crippen molar-refractivity contribution in [1.29, 1.82) is 0 Å². The zero-order chi connectivity index (χ0) is 9.64. The number of fused-ring (bicyclic) bond motifs is 2. The number of ketones is 1. The second kappa shape index (κ2) is 2.70. The molecule has 3 atom stereocenters. The van der Waals surface area contributed by atoms with Crippen LogP contribution in [0.15, 0.2) is 11.6 Å². The predicted molar refractivity (Wildman–Crippen MR) is 53.4 cm³/mol. The van der Waals surface area contributed by atoms with Gasteiger partial charge in [-0.3, -0.25) is 4.79 Å². The first-order valence-electron chi connectivity index (χ1n) is 5.29. The molecule has 1 heteroatoms. The third kappa shape index (κ3) is 1.09. The van der Waals surface area contributed by atoms with Crippen LogP contribution in [-0.4, -0.2) is 5.78 Å². The Morgan fingerprint density at radius 2 is 2.38 bits per heavy atom. The zero-order valence-corrected chi connectivity index (χ0v) is 8.76. The van der Waals surface area contributed by atoms with E-state index in [9.17, 15) is 4.79 Å². The molecule has 0 saturated heterocycles. The largest absolute Gasteiger partial charge is 0.299 e. The summed E-state index contributed by atoms with van der Waals surface area (Å²) in [5, 5.41) is 0. The van der Waals surface area contributed by atoms with E-state index in [0.717, 1.165) is 6.42 Å². The Kier molecular flexibility index (Phi) is 1.86. The molecule has 0 aromatic heterocycles. The average molecular weight is 178 g/mol. The number of Topliss-reactive ketones (excluding diaryl/α,β-unsaturated/α-hetero) is 1. The van der Waals surface area contributed by atoms with Crippen LogP contribution in [0.3, 0.4) is 0 Å². The van der Waals surface area contributed by atoms with Crippen LogP contribution < -0.4 is 0 Å². The first-order chi connectivity index (χ1) is 6.08. The Balaban J connectivity index is 2.26. The maximum Gasteiger partial charge on any atom is 0.139 e. The summed E-state index contributed by atoms with van der Waals surface area (Å²) < 4.78 is 0. The minimum atomic E-state index is -0.0150. The van der Waals surface area contributed by atoms with Gasteiger partial charge >= 0.3 is 0 Å². The minimum absolute atomic E-state index is 0.0150. The molecule has 0 radical (unpaired) electrons. The summed E-state index contributed by atoms with van der Waals surface area (Å²) in [6.45, 7) is 6.35. The first kappa shape index (κ1) is 8.98. The monoisotopic (exact) mass is 178 g/mol. The lowest BCUT2D eigenvalue weighted by Crippen LogP contribution is -2.31. The maximum atomic E-state index is 11.8. The van der Waals surface area contributed by atoms with E-state index < -0.39 is 0 Å². The summed E-state index contributed by atoms with van der Waals surface area (Å²) in [5.41, 5.74) is 1.50. The van der Waals surface area contributed by atoms with E-state index in [1.54, 1.807) is 0 Å².